The van der Waals surface area contributed by atoms with Crippen LogP contribution in [0.4, 0.5) is 0 Å². The van der Waals surface area contributed by atoms with E-state index in [1.165, 1.54) is 28.1 Å². The summed E-state index contributed by atoms with van der Waals surface area (Å²) in [6, 6.07) is 10.9. The first-order valence-corrected chi connectivity index (χ1v) is 12.9. The Morgan fingerprint density at radius 2 is 1.88 bits per heavy atom. The second kappa shape index (κ2) is 9.70. The number of carbonyl (C=O) groups is 2. The molecule has 32 heavy (non-hydrogen) atoms. The van der Waals surface area contributed by atoms with Gasteiger partial charge in [0.25, 0.3) is 10.0 Å². The number of morpholine rings is 1. The summed E-state index contributed by atoms with van der Waals surface area (Å²) in [6.45, 7) is 3.86. The van der Waals surface area contributed by atoms with Gasteiger partial charge in [-0.2, -0.15) is 4.31 Å². The zero-order chi connectivity index (χ0) is 22.7. The highest BCUT2D eigenvalue weighted by Gasteiger charge is 2.31. The Labute approximate surface area is 192 Å². The second-order valence-corrected chi connectivity index (χ2v) is 11.2. The van der Waals surface area contributed by atoms with Crippen molar-refractivity contribution in [3.8, 4) is 0 Å². The average molecular weight is 478 g/mol. The molecule has 2 aromatic rings. The van der Waals surface area contributed by atoms with Crippen LogP contribution in [0.1, 0.15) is 35.4 Å². The minimum Gasteiger partial charge on any atom is -0.379 e. The molecule has 1 aromatic carbocycles. The number of nitrogens with one attached hydrogen (secondary N) is 1. The minimum atomic E-state index is -3.54. The van der Waals surface area contributed by atoms with Gasteiger partial charge in [-0.3, -0.25) is 9.59 Å². The molecule has 1 saturated heterocycles. The fraction of sp³-hybridized carbons (Fsp3) is 0.455. The van der Waals surface area contributed by atoms with Crippen LogP contribution in [-0.2, 0) is 37.3 Å². The molecule has 8 nitrogen and oxygen atoms in total. The summed E-state index contributed by atoms with van der Waals surface area (Å²) in [7, 11) is -3.54. The number of thiophene rings is 1. The topological polar surface area (TPSA) is 96.0 Å². The number of nitrogens with zero attached hydrogens (tertiary/aromatic N) is 2. The van der Waals surface area contributed by atoms with Crippen LogP contribution in [0.25, 0.3) is 0 Å². The maximum absolute atomic E-state index is 12.8. The quantitative estimate of drug-likeness (QED) is 0.686. The van der Waals surface area contributed by atoms with Crippen LogP contribution in [0, 0.1) is 0 Å². The highest BCUT2D eigenvalue weighted by molar-refractivity contribution is 7.91. The zero-order valence-corrected chi connectivity index (χ0v) is 19.6. The molecule has 4 rings (SSSR count). The summed E-state index contributed by atoms with van der Waals surface area (Å²) < 4.78 is 32.5. The lowest BCUT2D eigenvalue weighted by Crippen LogP contribution is -2.41. The van der Waals surface area contributed by atoms with Gasteiger partial charge in [0.2, 0.25) is 11.8 Å². The number of carbonyl (C=O) groups excluding carboxylic acids is 2. The van der Waals surface area contributed by atoms with E-state index in [0.717, 1.165) is 16.9 Å². The van der Waals surface area contributed by atoms with Crippen molar-refractivity contribution in [1.82, 2.24) is 14.5 Å². The maximum atomic E-state index is 12.8. The zero-order valence-electron chi connectivity index (χ0n) is 18.0. The van der Waals surface area contributed by atoms with Crippen LogP contribution in [-0.4, -0.2) is 62.3 Å². The van der Waals surface area contributed by atoms with E-state index in [1.54, 1.807) is 17.0 Å². The van der Waals surface area contributed by atoms with Crippen LogP contribution in [0.15, 0.2) is 40.6 Å². The molecule has 0 bridgehead atoms. The van der Waals surface area contributed by atoms with Gasteiger partial charge in [0, 0.05) is 31.4 Å². The summed E-state index contributed by atoms with van der Waals surface area (Å²) in [4.78, 5) is 27.4. The van der Waals surface area contributed by atoms with Crippen LogP contribution in [0.3, 0.4) is 0 Å². The second-order valence-electron chi connectivity index (χ2n) is 7.90. The van der Waals surface area contributed by atoms with Gasteiger partial charge >= 0.3 is 0 Å². The minimum absolute atomic E-state index is 0.0477. The summed E-state index contributed by atoms with van der Waals surface area (Å²) in [5.74, 6) is -0.225. The molecule has 2 amide bonds. The van der Waals surface area contributed by atoms with Gasteiger partial charge in [-0.1, -0.05) is 24.3 Å². The SMILES string of the molecule is CC(=O)N1CCc2ccccc2C1CC(=O)NCc1ccc(S(=O)(=O)N2CCOCC2)s1. The van der Waals surface area contributed by atoms with Gasteiger partial charge in [-0.15, -0.1) is 11.3 Å². The Morgan fingerprint density at radius 1 is 1.12 bits per heavy atom. The van der Waals surface area contributed by atoms with Crippen molar-refractivity contribution in [1.29, 1.82) is 0 Å². The van der Waals surface area contributed by atoms with E-state index in [9.17, 15) is 18.0 Å². The van der Waals surface area contributed by atoms with Gasteiger partial charge < -0.3 is 15.0 Å². The first-order valence-electron chi connectivity index (χ1n) is 10.6. The molecule has 1 fully saturated rings. The number of ether oxygens (including phenoxy) is 1. The van der Waals surface area contributed by atoms with Crippen molar-refractivity contribution in [2.75, 3.05) is 32.8 Å². The van der Waals surface area contributed by atoms with E-state index in [2.05, 4.69) is 5.32 Å². The Kier molecular flexibility index (Phi) is 6.94. The first-order chi connectivity index (χ1) is 15.4. The monoisotopic (exact) mass is 477 g/mol. The van der Waals surface area contributed by atoms with Crippen LogP contribution < -0.4 is 5.32 Å². The summed E-state index contributed by atoms with van der Waals surface area (Å²) >= 11 is 1.17. The van der Waals surface area contributed by atoms with Crippen molar-refractivity contribution in [2.24, 2.45) is 0 Å². The number of sulfonamides is 1. The van der Waals surface area contributed by atoms with Gasteiger partial charge in [-0.05, 0) is 29.7 Å². The smallest absolute Gasteiger partial charge is 0.252 e. The van der Waals surface area contributed by atoms with E-state index in [-0.39, 0.29) is 35.0 Å². The molecule has 3 heterocycles. The van der Waals surface area contributed by atoms with Gasteiger partial charge in [-0.25, -0.2) is 8.42 Å². The molecule has 1 atom stereocenters. The molecule has 0 radical (unpaired) electrons. The molecule has 0 aliphatic carbocycles. The average Bonchev–Trinajstić information content (AvgIpc) is 3.28. The lowest BCUT2D eigenvalue weighted by Gasteiger charge is -2.36. The predicted molar refractivity (Wildman–Crippen MR) is 121 cm³/mol. The standard InChI is InChI=1S/C22H27N3O5S2/c1-16(26)25-9-8-17-4-2-3-5-19(17)20(25)14-21(27)23-15-18-6-7-22(31-18)32(28,29)24-10-12-30-13-11-24/h2-7,20H,8-15H2,1H3,(H,23,27). The number of amides is 2. The molecular formula is C22H27N3O5S2. The number of rotatable bonds is 6. The lowest BCUT2D eigenvalue weighted by atomic mass is 9.90. The van der Waals surface area contributed by atoms with Crippen molar-refractivity contribution in [3.05, 3.63) is 52.4 Å². The third kappa shape index (κ3) is 4.88. The van der Waals surface area contributed by atoms with Crippen molar-refractivity contribution in [2.45, 2.75) is 36.6 Å². The Hall–Kier alpha value is -2.27. The van der Waals surface area contributed by atoms with Crippen LogP contribution in [0.5, 0.6) is 0 Å². The van der Waals surface area contributed by atoms with E-state index >= 15 is 0 Å². The van der Waals surface area contributed by atoms with Crippen LogP contribution in [0.2, 0.25) is 0 Å². The summed E-state index contributed by atoms with van der Waals surface area (Å²) in [5.41, 5.74) is 2.18. The number of fused-ring (bicyclic) bond motifs is 1. The van der Waals surface area contributed by atoms with E-state index in [4.69, 9.17) is 4.74 Å². The predicted octanol–water partition coefficient (Wildman–Crippen LogP) is 1.92. The molecule has 10 heteroatoms. The van der Waals surface area contributed by atoms with Gasteiger partial charge in [0.05, 0.1) is 32.2 Å². The van der Waals surface area contributed by atoms with Crippen molar-refractivity contribution >= 4 is 33.2 Å². The Bertz CT molecular complexity index is 1090. The summed E-state index contributed by atoms with van der Waals surface area (Å²) in [5, 5.41) is 2.89. The molecule has 172 valence electrons. The van der Waals surface area contributed by atoms with Crippen molar-refractivity contribution < 1.29 is 22.7 Å². The fourth-order valence-electron chi connectivity index (χ4n) is 4.19. The van der Waals surface area contributed by atoms with Gasteiger partial charge in [0.1, 0.15) is 4.21 Å². The Morgan fingerprint density at radius 3 is 2.62 bits per heavy atom. The van der Waals surface area contributed by atoms with E-state index < -0.39 is 10.0 Å². The number of hydrogen-bond donors (Lipinski definition) is 1. The van der Waals surface area contributed by atoms with E-state index in [1.807, 2.05) is 24.3 Å². The number of benzene rings is 1. The summed E-state index contributed by atoms with van der Waals surface area (Å²) in [6.07, 6.45) is 0.949. The largest absolute Gasteiger partial charge is 0.379 e. The third-order valence-corrected chi connectivity index (χ3v) is 9.31. The van der Waals surface area contributed by atoms with Crippen molar-refractivity contribution in [3.63, 3.8) is 0 Å². The molecule has 0 spiro atoms. The highest BCUT2D eigenvalue weighted by Crippen LogP contribution is 2.32. The normalized spacial score (nSPS) is 19.4. The fourth-order valence-corrected chi connectivity index (χ4v) is 7.05. The molecule has 1 unspecified atom stereocenters. The molecule has 2 aliphatic rings. The maximum Gasteiger partial charge on any atom is 0.252 e. The molecular weight excluding hydrogens is 450 g/mol. The van der Waals surface area contributed by atoms with Crippen LogP contribution >= 0.6 is 11.3 Å². The number of hydrogen-bond acceptors (Lipinski definition) is 6. The lowest BCUT2D eigenvalue weighted by molar-refractivity contribution is -0.133. The van der Waals surface area contributed by atoms with E-state index in [0.29, 0.717) is 32.8 Å². The van der Waals surface area contributed by atoms with Gasteiger partial charge in [0.15, 0.2) is 0 Å². The highest BCUT2D eigenvalue weighted by atomic mass is 32.2. The first kappa shape index (κ1) is 22.9. The molecule has 0 saturated carbocycles. The molecule has 2 aliphatic heterocycles. The molecule has 1 aromatic heterocycles. The Balaban J connectivity index is 1.40. The third-order valence-electron chi connectivity index (χ3n) is 5.86. The molecule has 1 N–H and O–H groups in total.